The molecule has 0 amide bonds. The number of piperidine rings is 1. The lowest BCUT2D eigenvalue weighted by Crippen LogP contribution is -2.27. The highest BCUT2D eigenvalue weighted by Crippen LogP contribution is 2.34. The zero-order valence-electron chi connectivity index (χ0n) is 9.56. The quantitative estimate of drug-likeness (QED) is 0.766. The Bertz CT molecular complexity index is 400. The second-order valence-corrected chi connectivity index (χ2v) is 4.24. The van der Waals surface area contributed by atoms with Gasteiger partial charge in [0.1, 0.15) is 5.82 Å². The lowest BCUT2D eigenvalue weighted by molar-refractivity contribution is -0.140. The molecular weight excluding hydrogens is 270 g/mol. The Kier molecular flexibility index (Phi) is 4.99. The molecule has 6 heteroatoms. The maximum atomic E-state index is 13.1. The molecular formula is C12H14ClF4N. The van der Waals surface area contributed by atoms with Gasteiger partial charge in [0.2, 0.25) is 0 Å². The van der Waals surface area contributed by atoms with Gasteiger partial charge in [0.05, 0.1) is 5.56 Å². The van der Waals surface area contributed by atoms with Crippen molar-refractivity contribution < 1.29 is 17.6 Å². The van der Waals surface area contributed by atoms with Crippen molar-refractivity contribution in [2.24, 2.45) is 0 Å². The molecule has 0 aromatic heterocycles. The first-order valence-corrected chi connectivity index (χ1v) is 5.58. The van der Waals surface area contributed by atoms with Crippen LogP contribution < -0.4 is 5.32 Å². The molecule has 0 spiro atoms. The van der Waals surface area contributed by atoms with Crippen molar-refractivity contribution in [2.75, 3.05) is 6.54 Å². The van der Waals surface area contributed by atoms with E-state index < -0.39 is 17.6 Å². The minimum atomic E-state index is -4.63. The normalized spacial score (nSPS) is 20.3. The maximum absolute atomic E-state index is 13.1. The molecule has 1 aromatic carbocycles. The smallest absolute Gasteiger partial charge is 0.310 e. The molecule has 1 heterocycles. The third-order valence-corrected chi connectivity index (χ3v) is 3.01. The molecule has 0 radical (unpaired) electrons. The number of benzene rings is 1. The summed E-state index contributed by atoms with van der Waals surface area (Å²) >= 11 is 0. The van der Waals surface area contributed by atoms with Gasteiger partial charge in [-0.15, -0.1) is 12.4 Å². The number of alkyl halides is 3. The molecule has 0 saturated carbocycles. The number of hydrogen-bond acceptors (Lipinski definition) is 1. The number of hydrogen-bond donors (Lipinski definition) is 1. The summed E-state index contributed by atoms with van der Waals surface area (Å²) in [6.45, 7) is 0.795. The van der Waals surface area contributed by atoms with E-state index in [1.807, 2.05) is 0 Å². The summed E-state index contributed by atoms with van der Waals surface area (Å²) < 4.78 is 50.7. The molecule has 1 aliphatic rings. The van der Waals surface area contributed by atoms with E-state index in [9.17, 15) is 17.6 Å². The van der Waals surface area contributed by atoms with Crippen LogP contribution in [0.2, 0.25) is 0 Å². The topological polar surface area (TPSA) is 12.0 Å². The minimum Gasteiger partial charge on any atom is -0.310 e. The average molecular weight is 284 g/mol. The largest absolute Gasteiger partial charge is 0.419 e. The van der Waals surface area contributed by atoms with Crippen LogP contribution in [0.5, 0.6) is 0 Å². The Morgan fingerprint density at radius 1 is 1.17 bits per heavy atom. The third-order valence-electron chi connectivity index (χ3n) is 3.01. The molecule has 1 nitrogen and oxygen atoms in total. The summed E-state index contributed by atoms with van der Waals surface area (Å²) in [4.78, 5) is 0. The fraction of sp³-hybridized carbons (Fsp3) is 0.500. The molecule has 0 aliphatic carbocycles. The van der Waals surface area contributed by atoms with Crippen molar-refractivity contribution in [1.29, 1.82) is 0 Å². The second-order valence-electron chi connectivity index (χ2n) is 4.24. The predicted molar refractivity (Wildman–Crippen MR) is 63.2 cm³/mol. The fourth-order valence-corrected chi connectivity index (χ4v) is 2.11. The summed E-state index contributed by atoms with van der Waals surface area (Å²) in [6, 6.07) is 3.14. The molecule has 0 bridgehead atoms. The summed E-state index contributed by atoms with van der Waals surface area (Å²) in [5, 5.41) is 3.14. The molecule has 0 unspecified atom stereocenters. The van der Waals surface area contributed by atoms with Gasteiger partial charge in [-0.25, -0.2) is 4.39 Å². The van der Waals surface area contributed by atoms with Crippen LogP contribution in [0, 0.1) is 5.82 Å². The molecule has 2 rings (SSSR count). The first kappa shape index (κ1) is 15.2. The van der Waals surface area contributed by atoms with Gasteiger partial charge >= 0.3 is 6.18 Å². The number of halogens is 5. The molecule has 1 fully saturated rings. The zero-order chi connectivity index (χ0) is 12.5. The van der Waals surface area contributed by atoms with E-state index >= 15 is 0 Å². The Morgan fingerprint density at radius 3 is 2.44 bits per heavy atom. The Hall–Kier alpha value is -0.810. The number of nitrogens with one attached hydrogen (secondary N) is 1. The van der Waals surface area contributed by atoms with Crippen molar-refractivity contribution in [3.63, 3.8) is 0 Å². The highest BCUT2D eigenvalue weighted by molar-refractivity contribution is 5.85. The lowest BCUT2D eigenvalue weighted by atomic mass is 9.96. The summed E-state index contributed by atoms with van der Waals surface area (Å²) in [7, 11) is 0. The van der Waals surface area contributed by atoms with Gasteiger partial charge in [-0.3, -0.25) is 0 Å². The van der Waals surface area contributed by atoms with Crippen molar-refractivity contribution >= 4 is 12.4 Å². The van der Waals surface area contributed by atoms with Gasteiger partial charge in [0.15, 0.2) is 0 Å². The van der Waals surface area contributed by atoms with Crippen LogP contribution in [0.15, 0.2) is 18.2 Å². The molecule has 1 atom stereocenters. The minimum absolute atomic E-state index is 0. The van der Waals surface area contributed by atoms with Crippen LogP contribution in [0.3, 0.4) is 0 Å². The Labute approximate surface area is 109 Å². The van der Waals surface area contributed by atoms with Crippen molar-refractivity contribution in [2.45, 2.75) is 31.5 Å². The fourth-order valence-electron chi connectivity index (χ4n) is 2.11. The number of rotatable bonds is 1. The molecule has 102 valence electrons. The van der Waals surface area contributed by atoms with Crippen LogP contribution in [0.25, 0.3) is 0 Å². The molecule has 1 N–H and O–H groups in total. The van der Waals surface area contributed by atoms with Gasteiger partial charge in [-0.05, 0) is 37.1 Å². The molecule has 1 saturated heterocycles. The average Bonchev–Trinajstić information content (AvgIpc) is 2.29. The monoisotopic (exact) mass is 283 g/mol. The van der Waals surface area contributed by atoms with Crippen LogP contribution in [-0.4, -0.2) is 6.54 Å². The predicted octanol–water partition coefficient (Wildman–Crippen LogP) is 4.08. The SMILES string of the molecule is Cl.Fc1ccc([C@@H]2CCCCN2)cc1C(F)(F)F. The van der Waals surface area contributed by atoms with Crippen LogP contribution in [0.4, 0.5) is 17.6 Å². The summed E-state index contributed by atoms with van der Waals surface area (Å²) in [5.41, 5.74) is -0.666. The summed E-state index contributed by atoms with van der Waals surface area (Å²) in [6.07, 6.45) is -1.82. The standard InChI is InChI=1S/C12H13F4N.ClH/c13-10-5-4-8(7-9(10)12(14,15)16)11-3-1-2-6-17-11;/h4-5,7,11,17H,1-3,6H2;1H/t11-;/m0./s1. The van der Waals surface area contributed by atoms with Gasteiger partial charge < -0.3 is 5.32 Å². The van der Waals surface area contributed by atoms with E-state index in [4.69, 9.17) is 0 Å². The van der Waals surface area contributed by atoms with Gasteiger partial charge in [-0.1, -0.05) is 12.5 Å². The van der Waals surface area contributed by atoms with E-state index in [1.165, 1.54) is 6.07 Å². The lowest BCUT2D eigenvalue weighted by Gasteiger charge is -2.24. The molecule has 18 heavy (non-hydrogen) atoms. The van der Waals surface area contributed by atoms with Crippen LogP contribution >= 0.6 is 12.4 Å². The first-order chi connectivity index (χ1) is 7.98. The Balaban J connectivity index is 0.00000162. The molecule has 1 aromatic rings. The van der Waals surface area contributed by atoms with Crippen molar-refractivity contribution in [3.8, 4) is 0 Å². The van der Waals surface area contributed by atoms with E-state index in [-0.39, 0.29) is 18.4 Å². The first-order valence-electron chi connectivity index (χ1n) is 5.58. The second kappa shape index (κ2) is 5.89. The van der Waals surface area contributed by atoms with Crippen LogP contribution in [0.1, 0.15) is 36.4 Å². The van der Waals surface area contributed by atoms with Crippen LogP contribution in [-0.2, 0) is 6.18 Å². The zero-order valence-corrected chi connectivity index (χ0v) is 10.4. The van der Waals surface area contributed by atoms with Gasteiger partial charge in [0, 0.05) is 6.04 Å². The summed E-state index contributed by atoms with van der Waals surface area (Å²) in [5.74, 6) is -1.21. The third kappa shape index (κ3) is 3.36. The van der Waals surface area contributed by atoms with Gasteiger partial charge in [0.25, 0.3) is 0 Å². The van der Waals surface area contributed by atoms with E-state index in [2.05, 4.69) is 5.32 Å². The van der Waals surface area contributed by atoms with Gasteiger partial charge in [-0.2, -0.15) is 13.2 Å². The maximum Gasteiger partial charge on any atom is 0.419 e. The van der Waals surface area contributed by atoms with E-state index in [0.717, 1.165) is 37.9 Å². The highest BCUT2D eigenvalue weighted by Gasteiger charge is 2.34. The van der Waals surface area contributed by atoms with Crippen molar-refractivity contribution in [3.05, 3.63) is 35.1 Å². The highest BCUT2D eigenvalue weighted by atomic mass is 35.5. The molecule has 1 aliphatic heterocycles. The van der Waals surface area contributed by atoms with Crippen molar-refractivity contribution in [1.82, 2.24) is 5.32 Å². The Morgan fingerprint density at radius 2 is 1.89 bits per heavy atom. The van der Waals surface area contributed by atoms with E-state index in [1.54, 1.807) is 0 Å². The van der Waals surface area contributed by atoms with E-state index in [0.29, 0.717) is 5.56 Å².